The van der Waals surface area contributed by atoms with Gasteiger partial charge in [-0.2, -0.15) is 0 Å². The van der Waals surface area contributed by atoms with E-state index >= 15 is 0 Å². The van der Waals surface area contributed by atoms with Crippen LogP contribution in [-0.4, -0.2) is 20.9 Å². The number of rotatable bonds is 7. The maximum atomic E-state index is 11.8. The summed E-state index contributed by atoms with van der Waals surface area (Å²) in [5.74, 6) is 0.421. The van der Waals surface area contributed by atoms with Crippen molar-refractivity contribution in [3.05, 3.63) is 29.8 Å². The van der Waals surface area contributed by atoms with Crippen LogP contribution in [0.25, 0.3) is 0 Å². The number of benzene rings is 1. The molecule has 1 unspecified atom stereocenters. The highest BCUT2D eigenvalue weighted by Crippen LogP contribution is 2.11. The van der Waals surface area contributed by atoms with E-state index in [0.717, 1.165) is 18.4 Å². The van der Waals surface area contributed by atoms with Crippen molar-refractivity contribution in [3.8, 4) is 0 Å². The van der Waals surface area contributed by atoms with Crippen molar-refractivity contribution in [1.82, 2.24) is 5.32 Å². The number of amides is 1. The van der Waals surface area contributed by atoms with Gasteiger partial charge in [-0.1, -0.05) is 32.9 Å². The molecule has 118 valence electrons. The Labute approximate surface area is 127 Å². The third-order valence-corrected chi connectivity index (χ3v) is 4.54. The molecule has 1 aromatic carbocycles. The van der Waals surface area contributed by atoms with E-state index in [4.69, 9.17) is 5.14 Å². The van der Waals surface area contributed by atoms with E-state index in [0.29, 0.717) is 12.5 Å². The Morgan fingerprint density at radius 3 is 2.24 bits per heavy atom. The first-order chi connectivity index (χ1) is 9.71. The van der Waals surface area contributed by atoms with Crippen molar-refractivity contribution in [1.29, 1.82) is 0 Å². The van der Waals surface area contributed by atoms with Crippen LogP contribution in [0.1, 0.15) is 32.8 Å². The summed E-state index contributed by atoms with van der Waals surface area (Å²) in [7, 11) is -3.63. The molecule has 21 heavy (non-hydrogen) atoms. The van der Waals surface area contributed by atoms with E-state index < -0.39 is 10.0 Å². The third kappa shape index (κ3) is 5.85. The number of aryl methyl sites for hydroxylation is 1. The van der Waals surface area contributed by atoms with Crippen molar-refractivity contribution >= 4 is 15.9 Å². The van der Waals surface area contributed by atoms with Gasteiger partial charge >= 0.3 is 0 Å². The second-order valence-electron chi connectivity index (χ2n) is 5.62. The van der Waals surface area contributed by atoms with Gasteiger partial charge in [-0.15, -0.1) is 0 Å². The van der Waals surface area contributed by atoms with Crippen molar-refractivity contribution in [2.24, 2.45) is 17.0 Å². The topological polar surface area (TPSA) is 89.3 Å². The van der Waals surface area contributed by atoms with Crippen LogP contribution in [-0.2, 0) is 21.2 Å². The van der Waals surface area contributed by atoms with Crippen molar-refractivity contribution in [2.75, 3.05) is 6.54 Å². The Balaban J connectivity index is 2.38. The van der Waals surface area contributed by atoms with E-state index in [-0.39, 0.29) is 16.7 Å². The Kier molecular flexibility index (Phi) is 6.36. The van der Waals surface area contributed by atoms with Crippen LogP contribution < -0.4 is 10.5 Å². The molecule has 3 N–H and O–H groups in total. The molecular weight excluding hydrogens is 288 g/mol. The molecule has 6 heteroatoms. The Bertz CT molecular complexity index is 565. The molecular formula is C15H24N2O3S. The fourth-order valence-corrected chi connectivity index (χ4v) is 2.33. The third-order valence-electron chi connectivity index (χ3n) is 3.61. The van der Waals surface area contributed by atoms with E-state index in [1.165, 1.54) is 12.1 Å². The summed E-state index contributed by atoms with van der Waals surface area (Å²) in [4.78, 5) is 11.9. The molecule has 0 heterocycles. The molecule has 0 radical (unpaired) electrons. The van der Waals surface area contributed by atoms with Crippen LogP contribution in [0.5, 0.6) is 0 Å². The molecule has 1 aromatic rings. The summed E-state index contributed by atoms with van der Waals surface area (Å²) >= 11 is 0. The average molecular weight is 312 g/mol. The Hall–Kier alpha value is -1.40. The SMILES string of the molecule is CC(C)C(C)C(=O)NCCCc1ccc(S(N)(=O)=O)cc1. The smallest absolute Gasteiger partial charge is 0.238 e. The minimum atomic E-state index is -3.63. The lowest BCUT2D eigenvalue weighted by molar-refractivity contribution is -0.125. The lowest BCUT2D eigenvalue weighted by atomic mass is 9.97. The number of primary sulfonamides is 1. The molecule has 1 atom stereocenters. The molecule has 0 bridgehead atoms. The first kappa shape index (κ1) is 17.7. The molecule has 0 saturated carbocycles. The monoisotopic (exact) mass is 312 g/mol. The van der Waals surface area contributed by atoms with Crippen LogP contribution in [0.3, 0.4) is 0 Å². The lowest BCUT2D eigenvalue weighted by Gasteiger charge is -2.15. The summed E-state index contributed by atoms with van der Waals surface area (Å²) in [5.41, 5.74) is 1.02. The van der Waals surface area contributed by atoms with Gasteiger partial charge in [0.15, 0.2) is 0 Å². The van der Waals surface area contributed by atoms with Gasteiger partial charge in [-0.05, 0) is 36.5 Å². The summed E-state index contributed by atoms with van der Waals surface area (Å²) in [5, 5.41) is 7.95. The van der Waals surface area contributed by atoms with Crippen LogP contribution >= 0.6 is 0 Å². The van der Waals surface area contributed by atoms with E-state index in [2.05, 4.69) is 5.32 Å². The van der Waals surface area contributed by atoms with Gasteiger partial charge in [-0.25, -0.2) is 13.6 Å². The number of carbonyl (C=O) groups excluding carboxylic acids is 1. The van der Waals surface area contributed by atoms with Gasteiger partial charge in [0.1, 0.15) is 0 Å². The molecule has 0 aliphatic rings. The van der Waals surface area contributed by atoms with Gasteiger partial charge in [0.05, 0.1) is 4.90 Å². The van der Waals surface area contributed by atoms with E-state index in [1.54, 1.807) is 12.1 Å². The van der Waals surface area contributed by atoms with Gasteiger partial charge in [0.2, 0.25) is 15.9 Å². The molecule has 0 aromatic heterocycles. The van der Waals surface area contributed by atoms with Crippen molar-refractivity contribution in [2.45, 2.75) is 38.5 Å². The fraction of sp³-hybridized carbons (Fsp3) is 0.533. The first-order valence-corrected chi connectivity index (χ1v) is 8.66. The summed E-state index contributed by atoms with van der Waals surface area (Å²) in [6.45, 7) is 6.59. The first-order valence-electron chi connectivity index (χ1n) is 7.11. The standard InChI is InChI=1S/C15H24N2O3S/c1-11(2)12(3)15(18)17-10-4-5-13-6-8-14(9-7-13)21(16,19)20/h6-9,11-12H,4-5,10H2,1-3H3,(H,17,18)(H2,16,19,20). The summed E-state index contributed by atoms with van der Waals surface area (Å²) in [6.07, 6.45) is 1.59. The largest absolute Gasteiger partial charge is 0.356 e. The number of nitrogens with two attached hydrogens (primary N) is 1. The second-order valence-corrected chi connectivity index (χ2v) is 7.18. The highest BCUT2D eigenvalue weighted by Gasteiger charge is 2.15. The summed E-state index contributed by atoms with van der Waals surface area (Å²) < 4.78 is 22.3. The number of hydrogen-bond donors (Lipinski definition) is 2. The minimum Gasteiger partial charge on any atom is -0.356 e. The van der Waals surface area contributed by atoms with Gasteiger partial charge in [0.25, 0.3) is 0 Å². The zero-order valence-corrected chi connectivity index (χ0v) is 13.6. The molecule has 1 amide bonds. The highest BCUT2D eigenvalue weighted by atomic mass is 32.2. The lowest BCUT2D eigenvalue weighted by Crippen LogP contribution is -2.32. The summed E-state index contributed by atoms with van der Waals surface area (Å²) in [6, 6.07) is 6.50. The van der Waals surface area contributed by atoms with Crippen LogP contribution in [0.2, 0.25) is 0 Å². The normalized spacial score (nSPS) is 13.2. The molecule has 1 rings (SSSR count). The van der Waals surface area contributed by atoms with Gasteiger partial charge < -0.3 is 5.32 Å². The van der Waals surface area contributed by atoms with Gasteiger partial charge in [-0.3, -0.25) is 4.79 Å². The number of nitrogens with one attached hydrogen (secondary N) is 1. The maximum absolute atomic E-state index is 11.8. The van der Waals surface area contributed by atoms with Crippen molar-refractivity contribution in [3.63, 3.8) is 0 Å². The predicted molar refractivity (Wildman–Crippen MR) is 83.1 cm³/mol. The average Bonchev–Trinajstić information content (AvgIpc) is 2.42. The van der Waals surface area contributed by atoms with Crippen LogP contribution in [0.15, 0.2) is 29.2 Å². The molecule has 0 saturated heterocycles. The van der Waals surface area contributed by atoms with Crippen LogP contribution in [0.4, 0.5) is 0 Å². The molecule has 0 aliphatic carbocycles. The maximum Gasteiger partial charge on any atom is 0.238 e. The van der Waals surface area contributed by atoms with E-state index in [1.807, 2.05) is 20.8 Å². The Morgan fingerprint density at radius 1 is 1.19 bits per heavy atom. The predicted octanol–water partition coefficient (Wildman–Crippen LogP) is 1.67. The quantitative estimate of drug-likeness (QED) is 0.751. The highest BCUT2D eigenvalue weighted by molar-refractivity contribution is 7.89. The zero-order valence-electron chi connectivity index (χ0n) is 12.8. The zero-order chi connectivity index (χ0) is 16.0. The Morgan fingerprint density at radius 2 is 1.76 bits per heavy atom. The van der Waals surface area contributed by atoms with Gasteiger partial charge in [0, 0.05) is 12.5 Å². The molecule has 5 nitrogen and oxygen atoms in total. The molecule has 0 fully saturated rings. The molecule has 0 aliphatic heterocycles. The fourth-order valence-electron chi connectivity index (χ4n) is 1.81. The van der Waals surface area contributed by atoms with Crippen LogP contribution in [0, 0.1) is 11.8 Å². The second kappa shape index (κ2) is 7.56. The van der Waals surface area contributed by atoms with E-state index in [9.17, 15) is 13.2 Å². The number of sulfonamides is 1. The molecule has 0 spiro atoms. The number of hydrogen-bond acceptors (Lipinski definition) is 3. The minimum absolute atomic E-state index is 0.0130. The number of carbonyl (C=O) groups is 1. The van der Waals surface area contributed by atoms with Crippen molar-refractivity contribution < 1.29 is 13.2 Å².